The molecule has 0 bridgehead atoms. The third-order valence-electron chi connectivity index (χ3n) is 5.35. The lowest BCUT2D eigenvalue weighted by molar-refractivity contribution is -0.524. The highest BCUT2D eigenvalue weighted by Gasteiger charge is 2.20. The van der Waals surface area contributed by atoms with Crippen LogP contribution in [0.15, 0.2) is 0 Å². The molecule has 0 aliphatic heterocycles. The number of hydrogen-bond acceptors (Lipinski definition) is 4. The molecule has 5 heteroatoms. The molecular weight excluding hydrogens is 342 g/mol. The first-order valence-electron chi connectivity index (χ1n) is 11.3. The number of hydrogen-bond donors (Lipinski definition) is 0. The molecule has 0 fully saturated rings. The highest BCUT2D eigenvalue weighted by molar-refractivity contribution is 5.69. The molecule has 160 valence electrons. The maximum Gasteiger partial charge on any atom is 0.305 e. The van der Waals surface area contributed by atoms with Crippen molar-refractivity contribution in [3.8, 4) is 0 Å². The zero-order chi connectivity index (χ0) is 20.2. The average Bonchev–Trinajstić information content (AvgIpc) is 2.66. The van der Waals surface area contributed by atoms with Crippen molar-refractivity contribution < 1.29 is 14.5 Å². The second-order valence-electron chi connectivity index (χ2n) is 7.79. The van der Waals surface area contributed by atoms with Gasteiger partial charge in [0.05, 0.1) is 13.5 Å². The van der Waals surface area contributed by atoms with Crippen molar-refractivity contribution in [3.63, 3.8) is 0 Å². The van der Waals surface area contributed by atoms with E-state index in [1.807, 2.05) is 0 Å². The molecule has 0 aliphatic carbocycles. The van der Waals surface area contributed by atoms with Crippen LogP contribution in [0.2, 0.25) is 0 Å². The van der Waals surface area contributed by atoms with Crippen molar-refractivity contribution in [2.45, 2.75) is 129 Å². The molecule has 1 atom stereocenters. The van der Waals surface area contributed by atoms with Gasteiger partial charge in [0.15, 0.2) is 0 Å². The van der Waals surface area contributed by atoms with Crippen LogP contribution < -0.4 is 0 Å². The highest BCUT2D eigenvalue weighted by Crippen LogP contribution is 2.16. The van der Waals surface area contributed by atoms with Crippen LogP contribution in [0.5, 0.6) is 0 Å². The van der Waals surface area contributed by atoms with Crippen molar-refractivity contribution in [2.75, 3.05) is 7.11 Å². The quantitative estimate of drug-likeness (QED) is 0.0994. The van der Waals surface area contributed by atoms with Crippen LogP contribution in [0.4, 0.5) is 0 Å². The van der Waals surface area contributed by atoms with E-state index >= 15 is 0 Å². The normalized spacial score (nSPS) is 12.1. The van der Waals surface area contributed by atoms with Crippen molar-refractivity contribution in [3.05, 3.63) is 10.1 Å². The number of nitro groups is 1. The van der Waals surface area contributed by atoms with Crippen molar-refractivity contribution >= 4 is 5.97 Å². The predicted molar refractivity (Wildman–Crippen MR) is 112 cm³/mol. The Labute approximate surface area is 166 Å². The number of rotatable bonds is 20. The maximum absolute atomic E-state index is 11.1. The van der Waals surface area contributed by atoms with Crippen LogP contribution in [0.3, 0.4) is 0 Å². The number of ether oxygens (including phenoxy) is 1. The standard InChI is InChI=1S/C22H43NO4/c1-3-4-5-6-7-8-9-10-11-12-13-14-15-16-17-18-21(23(25)26)19-20-22(24)27-2/h21H,3-20H2,1-2H3. The van der Waals surface area contributed by atoms with Crippen LogP contribution in [-0.2, 0) is 9.53 Å². The van der Waals surface area contributed by atoms with Crippen LogP contribution in [-0.4, -0.2) is 24.0 Å². The molecule has 27 heavy (non-hydrogen) atoms. The molecule has 0 saturated heterocycles. The van der Waals surface area contributed by atoms with Gasteiger partial charge in [-0.3, -0.25) is 14.9 Å². The van der Waals surface area contributed by atoms with Gasteiger partial charge in [0, 0.05) is 17.8 Å². The van der Waals surface area contributed by atoms with E-state index in [0.717, 1.165) is 12.8 Å². The van der Waals surface area contributed by atoms with E-state index in [1.165, 1.54) is 90.6 Å². The van der Waals surface area contributed by atoms with Gasteiger partial charge in [-0.2, -0.15) is 0 Å². The summed E-state index contributed by atoms with van der Waals surface area (Å²) < 4.78 is 4.55. The van der Waals surface area contributed by atoms with E-state index in [9.17, 15) is 14.9 Å². The maximum atomic E-state index is 11.1. The Hall–Kier alpha value is -1.13. The van der Waals surface area contributed by atoms with Crippen LogP contribution in [0, 0.1) is 10.1 Å². The minimum absolute atomic E-state index is 0.140. The fourth-order valence-electron chi connectivity index (χ4n) is 3.49. The molecule has 0 aromatic rings. The molecule has 0 aromatic carbocycles. The molecule has 0 rings (SSSR count). The second-order valence-corrected chi connectivity index (χ2v) is 7.79. The fraction of sp³-hybridized carbons (Fsp3) is 0.955. The first-order chi connectivity index (χ1) is 13.1. The summed E-state index contributed by atoms with van der Waals surface area (Å²) in [5.74, 6) is -0.363. The Balaban J connectivity index is 3.37. The van der Waals surface area contributed by atoms with Crippen molar-refractivity contribution in [2.24, 2.45) is 0 Å². The van der Waals surface area contributed by atoms with Crippen LogP contribution in [0.1, 0.15) is 122 Å². The van der Waals surface area contributed by atoms with E-state index in [0.29, 0.717) is 6.42 Å². The number of unbranched alkanes of at least 4 members (excludes halogenated alkanes) is 14. The van der Waals surface area contributed by atoms with Gasteiger partial charge in [-0.05, 0) is 6.42 Å². The summed E-state index contributed by atoms with van der Waals surface area (Å²) in [5.41, 5.74) is 0. The van der Waals surface area contributed by atoms with Gasteiger partial charge in [0.2, 0.25) is 6.04 Å². The smallest absolute Gasteiger partial charge is 0.305 e. The summed E-state index contributed by atoms with van der Waals surface area (Å²) in [5, 5.41) is 11.0. The zero-order valence-corrected chi connectivity index (χ0v) is 17.9. The SMILES string of the molecule is CCCCCCCCCCCCCCCCCC(CCC(=O)OC)[N+](=O)[O-]. The highest BCUT2D eigenvalue weighted by atomic mass is 16.6. The summed E-state index contributed by atoms with van der Waals surface area (Å²) in [6.07, 6.45) is 20.4. The van der Waals surface area contributed by atoms with Gasteiger partial charge >= 0.3 is 5.97 Å². The summed E-state index contributed by atoms with van der Waals surface area (Å²) in [7, 11) is 1.32. The lowest BCUT2D eigenvalue weighted by Crippen LogP contribution is -2.21. The van der Waals surface area contributed by atoms with Gasteiger partial charge in [-0.1, -0.05) is 96.8 Å². The molecule has 0 spiro atoms. The van der Waals surface area contributed by atoms with Crippen LogP contribution >= 0.6 is 0 Å². The van der Waals surface area contributed by atoms with E-state index < -0.39 is 6.04 Å². The first-order valence-corrected chi connectivity index (χ1v) is 11.3. The lowest BCUT2D eigenvalue weighted by atomic mass is 10.0. The fourth-order valence-corrected chi connectivity index (χ4v) is 3.49. The molecule has 1 unspecified atom stereocenters. The second kappa shape index (κ2) is 19.6. The summed E-state index contributed by atoms with van der Waals surface area (Å²) >= 11 is 0. The van der Waals surface area contributed by atoms with Crippen LogP contribution in [0.25, 0.3) is 0 Å². The monoisotopic (exact) mass is 385 g/mol. The van der Waals surface area contributed by atoms with Crippen molar-refractivity contribution in [1.29, 1.82) is 0 Å². The van der Waals surface area contributed by atoms with E-state index in [4.69, 9.17) is 0 Å². The Kier molecular flexibility index (Phi) is 18.8. The van der Waals surface area contributed by atoms with Crippen molar-refractivity contribution in [1.82, 2.24) is 0 Å². The van der Waals surface area contributed by atoms with E-state index in [-0.39, 0.29) is 23.7 Å². The van der Waals surface area contributed by atoms with Gasteiger partial charge in [-0.25, -0.2) is 0 Å². The molecule has 0 radical (unpaired) electrons. The first kappa shape index (κ1) is 25.9. The third-order valence-corrected chi connectivity index (χ3v) is 5.35. The summed E-state index contributed by atoms with van der Waals surface area (Å²) in [6.45, 7) is 2.26. The molecule has 0 amide bonds. The minimum Gasteiger partial charge on any atom is -0.469 e. The average molecular weight is 386 g/mol. The molecule has 0 saturated carbocycles. The largest absolute Gasteiger partial charge is 0.469 e. The Morgan fingerprint density at radius 1 is 0.778 bits per heavy atom. The van der Waals surface area contributed by atoms with E-state index in [1.54, 1.807) is 0 Å². The predicted octanol–water partition coefficient (Wildman–Crippen LogP) is 6.85. The van der Waals surface area contributed by atoms with Gasteiger partial charge < -0.3 is 4.74 Å². The summed E-state index contributed by atoms with van der Waals surface area (Å²) in [4.78, 5) is 21.9. The molecule has 0 N–H and O–H groups in total. The molecule has 0 aromatic heterocycles. The number of carbonyl (C=O) groups excluding carboxylic acids is 1. The number of esters is 1. The van der Waals surface area contributed by atoms with Gasteiger partial charge in [0.25, 0.3) is 0 Å². The Bertz CT molecular complexity index is 360. The molecule has 0 heterocycles. The summed E-state index contributed by atoms with van der Waals surface area (Å²) in [6, 6.07) is -0.605. The van der Waals surface area contributed by atoms with Gasteiger partial charge in [0.1, 0.15) is 0 Å². The molecular formula is C22H43NO4. The minimum atomic E-state index is -0.605. The topological polar surface area (TPSA) is 69.4 Å². The Morgan fingerprint density at radius 3 is 1.56 bits per heavy atom. The number of carbonyl (C=O) groups is 1. The van der Waals surface area contributed by atoms with E-state index in [2.05, 4.69) is 11.7 Å². The number of nitrogens with zero attached hydrogens (tertiary/aromatic N) is 1. The molecule has 5 nitrogen and oxygen atoms in total. The van der Waals surface area contributed by atoms with Gasteiger partial charge in [-0.15, -0.1) is 0 Å². The molecule has 0 aliphatic rings. The Morgan fingerprint density at radius 2 is 1.19 bits per heavy atom. The lowest BCUT2D eigenvalue weighted by Gasteiger charge is -2.08. The zero-order valence-electron chi connectivity index (χ0n) is 17.9. The third kappa shape index (κ3) is 18.0. The number of methoxy groups -OCH3 is 1.